The zero-order valence-electron chi connectivity index (χ0n) is 14.0. The smallest absolute Gasteiger partial charge is 0.0991 e. The number of fused-ring (bicyclic) bond motifs is 2. The van der Waals surface area contributed by atoms with Crippen LogP contribution in [0, 0.1) is 11.3 Å². The number of benzene rings is 1. The number of rotatable bonds is 0. The van der Waals surface area contributed by atoms with E-state index >= 15 is 0 Å². The van der Waals surface area contributed by atoms with Gasteiger partial charge in [0.15, 0.2) is 0 Å². The van der Waals surface area contributed by atoms with Crippen LogP contribution < -0.4 is 0 Å². The van der Waals surface area contributed by atoms with Crippen molar-refractivity contribution >= 4 is 5.57 Å². The third kappa shape index (κ3) is 2.64. The summed E-state index contributed by atoms with van der Waals surface area (Å²) in [6.45, 7) is 2.21. The number of likely N-dealkylation sites (tertiary alicyclic amines) is 1. The summed E-state index contributed by atoms with van der Waals surface area (Å²) in [5.41, 5.74) is 8.64. The Morgan fingerprint density at radius 1 is 1.04 bits per heavy atom. The summed E-state index contributed by atoms with van der Waals surface area (Å²) in [5, 5.41) is 9.25. The maximum absolute atomic E-state index is 9.25. The van der Waals surface area contributed by atoms with Gasteiger partial charge in [-0.3, -0.25) is 4.98 Å². The largest absolute Gasteiger partial charge is 0.306 e. The molecule has 0 atom stereocenters. The minimum atomic E-state index is 0.750. The van der Waals surface area contributed by atoms with Gasteiger partial charge < -0.3 is 4.90 Å². The first-order valence-corrected chi connectivity index (χ1v) is 8.64. The minimum absolute atomic E-state index is 0.750. The number of pyridine rings is 1. The fourth-order valence-electron chi connectivity index (χ4n) is 3.87. The molecule has 3 nitrogen and oxygen atoms in total. The molecule has 3 heteroatoms. The molecule has 2 aliphatic rings. The van der Waals surface area contributed by atoms with Crippen LogP contribution in [0.4, 0.5) is 0 Å². The molecule has 1 fully saturated rings. The van der Waals surface area contributed by atoms with Crippen LogP contribution in [-0.4, -0.2) is 30.0 Å². The van der Waals surface area contributed by atoms with Crippen LogP contribution >= 0.6 is 0 Å². The monoisotopic (exact) mass is 315 g/mol. The molecule has 1 aromatic carbocycles. The van der Waals surface area contributed by atoms with Gasteiger partial charge in [0, 0.05) is 24.9 Å². The van der Waals surface area contributed by atoms with Crippen LogP contribution in [0.1, 0.15) is 40.8 Å². The highest BCUT2D eigenvalue weighted by Gasteiger charge is 2.24. The van der Waals surface area contributed by atoms with Gasteiger partial charge in [0.2, 0.25) is 0 Å². The van der Waals surface area contributed by atoms with Crippen molar-refractivity contribution in [1.82, 2.24) is 9.88 Å². The third-order valence-corrected chi connectivity index (χ3v) is 5.24. The summed E-state index contributed by atoms with van der Waals surface area (Å²) in [6.07, 6.45) is 6.06. The average Bonchev–Trinajstić information content (AvgIpc) is 2.79. The lowest BCUT2D eigenvalue weighted by atomic mass is 9.88. The van der Waals surface area contributed by atoms with E-state index in [2.05, 4.69) is 36.2 Å². The highest BCUT2D eigenvalue weighted by Crippen LogP contribution is 2.37. The van der Waals surface area contributed by atoms with E-state index in [1.807, 2.05) is 18.3 Å². The number of piperidine rings is 1. The molecule has 2 heterocycles. The van der Waals surface area contributed by atoms with Crippen molar-refractivity contribution in [2.75, 3.05) is 20.1 Å². The second-order valence-corrected chi connectivity index (χ2v) is 6.78. The zero-order chi connectivity index (χ0) is 16.5. The van der Waals surface area contributed by atoms with E-state index in [-0.39, 0.29) is 0 Å². The Hall–Kier alpha value is -2.44. The fourth-order valence-corrected chi connectivity index (χ4v) is 3.87. The lowest BCUT2D eigenvalue weighted by molar-refractivity contribution is 0.313. The van der Waals surface area contributed by atoms with Gasteiger partial charge in [-0.2, -0.15) is 5.26 Å². The van der Waals surface area contributed by atoms with Crippen LogP contribution in [0.5, 0.6) is 0 Å². The number of hydrogen-bond acceptors (Lipinski definition) is 3. The zero-order valence-corrected chi connectivity index (χ0v) is 14.0. The van der Waals surface area contributed by atoms with E-state index in [1.54, 1.807) is 0 Å². The van der Waals surface area contributed by atoms with E-state index in [0.717, 1.165) is 50.0 Å². The molecule has 0 spiro atoms. The van der Waals surface area contributed by atoms with E-state index in [9.17, 15) is 5.26 Å². The first-order valence-electron chi connectivity index (χ1n) is 8.64. The first kappa shape index (κ1) is 15.1. The topological polar surface area (TPSA) is 39.9 Å². The van der Waals surface area contributed by atoms with Gasteiger partial charge in [-0.1, -0.05) is 17.7 Å². The van der Waals surface area contributed by atoms with Gasteiger partial charge in [0.05, 0.1) is 17.3 Å². The Kier molecular flexibility index (Phi) is 3.92. The van der Waals surface area contributed by atoms with Crippen molar-refractivity contribution in [2.24, 2.45) is 0 Å². The summed E-state index contributed by atoms with van der Waals surface area (Å²) in [6, 6.07) is 12.7. The molecule has 4 rings (SSSR count). The van der Waals surface area contributed by atoms with Crippen LogP contribution in [-0.2, 0) is 12.8 Å². The fraction of sp³-hybridized carbons (Fsp3) is 0.333. The van der Waals surface area contributed by atoms with Crippen molar-refractivity contribution in [3.05, 3.63) is 70.0 Å². The summed E-state index contributed by atoms with van der Waals surface area (Å²) in [4.78, 5) is 7.15. The number of aryl methyl sites for hydroxylation is 2. The number of nitrogens with zero attached hydrogens (tertiary/aromatic N) is 3. The number of aromatic nitrogens is 1. The standard InChI is InChI=1S/C21H21N3/c1-24-11-8-16(9-12-24)20-19-7-4-15(14-22)13-18(19)6-5-17-3-2-10-23-21(17)20/h2-4,7,10,13H,5-6,8-9,11-12H2,1H3. The predicted octanol–water partition coefficient (Wildman–Crippen LogP) is 3.58. The molecule has 0 amide bonds. The lowest BCUT2D eigenvalue weighted by Gasteiger charge is -2.27. The molecule has 120 valence electrons. The quantitative estimate of drug-likeness (QED) is 0.746. The molecule has 1 aliphatic heterocycles. The Labute approximate surface area is 143 Å². The highest BCUT2D eigenvalue weighted by molar-refractivity contribution is 5.84. The molecule has 0 radical (unpaired) electrons. The van der Waals surface area contributed by atoms with E-state index in [1.165, 1.54) is 27.8 Å². The molecule has 0 N–H and O–H groups in total. The molecular weight excluding hydrogens is 294 g/mol. The third-order valence-electron chi connectivity index (χ3n) is 5.24. The summed E-state index contributed by atoms with van der Waals surface area (Å²) in [5.74, 6) is 0. The van der Waals surface area contributed by atoms with Crippen molar-refractivity contribution in [3.63, 3.8) is 0 Å². The van der Waals surface area contributed by atoms with Gasteiger partial charge in [-0.05, 0) is 67.6 Å². The summed E-state index contributed by atoms with van der Waals surface area (Å²) >= 11 is 0. The highest BCUT2D eigenvalue weighted by atomic mass is 15.1. The Balaban J connectivity index is 1.94. The van der Waals surface area contributed by atoms with E-state index < -0.39 is 0 Å². The Morgan fingerprint density at radius 2 is 1.83 bits per heavy atom. The van der Waals surface area contributed by atoms with Crippen LogP contribution in [0.3, 0.4) is 0 Å². The molecule has 0 saturated carbocycles. The molecule has 0 bridgehead atoms. The van der Waals surface area contributed by atoms with Gasteiger partial charge >= 0.3 is 0 Å². The molecule has 0 unspecified atom stereocenters. The second-order valence-electron chi connectivity index (χ2n) is 6.78. The molecule has 2 aromatic rings. The van der Waals surface area contributed by atoms with Crippen LogP contribution in [0.25, 0.3) is 5.57 Å². The Bertz CT molecular complexity index is 848. The van der Waals surface area contributed by atoms with Crippen LogP contribution in [0.15, 0.2) is 42.1 Å². The van der Waals surface area contributed by atoms with Crippen molar-refractivity contribution in [3.8, 4) is 6.07 Å². The maximum atomic E-state index is 9.25. The summed E-state index contributed by atoms with van der Waals surface area (Å²) < 4.78 is 0. The first-order chi connectivity index (χ1) is 11.8. The molecule has 1 aliphatic carbocycles. The predicted molar refractivity (Wildman–Crippen MR) is 95.6 cm³/mol. The average molecular weight is 315 g/mol. The Morgan fingerprint density at radius 3 is 2.62 bits per heavy atom. The summed E-state index contributed by atoms with van der Waals surface area (Å²) in [7, 11) is 2.19. The minimum Gasteiger partial charge on any atom is -0.306 e. The van der Waals surface area contributed by atoms with Crippen LogP contribution in [0.2, 0.25) is 0 Å². The van der Waals surface area contributed by atoms with Gasteiger partial charge in [0.25, 0.3) is 0 Å². The van der Waals surface area contributed by atoms with Gasteiger partial charge in [-0.25, -0.2) is 0 Å². The molecule has 1 aromatic heterocycles. The molecular formula is C21H21N3. The molecule has 24 heavy (non-hydrogen) atoms. The van der Waals surface area contributed by atoms with Gasteiger partial charge in [-0.15, -0.1) is 0 Å². The normalized spacial score (nSPS) is 17.7. The second kappa shape index (κ2) is 6.22. The van der Waals surface area contributed by atoms with Crippen molar-refractivity contribution in [2.45, 2.75) is 25.7 Å². The SMILES string of the molecule is CN1CCC(=C2c3ccc(C#N)cc3CCc3cccnc32)CC1. The van der Waals surface area contributed by atoms with Crippen molar-refractivity contribution < 1.29 is 0 Å². The van der Waals surface area contributed by atoms with E-state index in [4.69, 9.17) is 4.98 Å². The molecule has 1 saturated heterocycles. The van der Waals surface area contributed by atoms with Gasteiger partial charge in [0.1, 0.15) is 0 Å². The van der Waals surface area contributed by atoms with E-state index in [0.29, 0.717) is 0 Å². The number of nitriles is 1. The lowest BCUT2D eigenvalue weighted by Crippen LogP contribution is -2.27. The van der Waals surface area contributed by atoms with Crippen molar-refractivity contribution in [1.29, 1.82) is 5.26 Å². The maximum Gasteiger partial charge on any atom is 0.0991 e. The number of hydrogen-bond donors (Lipinski definition) is 0.